The molecular weight excluding hydrogens is 440 g/mol. The van der Waals surface area contributed by atoms with E-state index in [0.29, 0.717) is 37.9 Å². The van der Waals surface area contributed by atoms with Gasteiger partial charge in [-0.15, -0.1) is 0 Å². The predicted octanol–water partition coefficient (Wildman–Crippen LogP) is 4.10. The van der Waals surface area contributed by atoms with Crippen LogP contribution in [0.15, 0.2) is 36.4 Å². The van der Waals surface area contributed by atoms with Gasteiger partial charge in [0.25, 0.3) is 5.91 Å². The smallest absolute Gasteiger partial charge is 0.251 e. The highest BCUT2D eigenvalue weighted by Gasteiger charge is 2.31. The van der Waals surface area contributed by atoms with E-state index < -0.39 is 6.23 Å². The highest BCUT2D eigenvalue weighted by atomic mass is 16.3. The fourth-order valence-electron chi connectivity index (χ4n) is 4.74. The number of aliphatic hydroxyl groups is 1. The van der Waals surface area contributed by atoms with Crippen LogP contribution < -0.4 is 21.7 Å². The van der Waals surface area contributed by atoms with Gasteiger partial charge >= 0.3 is 0 Å². The summed E-state index contributed by atoms with van der Waals surface area (Å²) in [5.74, 6) is 0.0361. The zero-order valence-corrected chi connectivity index (χ0v) is 21.0. The summed E-state index contributed by atoms with van der Waals surface area (Å²) < 4.78 is 0. The van der Waals surface area contributed by atoms with Crippen molar-refractivity contribution < 1.29 is 14.7 Å². The SMILES string of the molecule is CCCCNC(O)CCCC(=O)Nc1ccc2c(c1)C(CC)c1cccc(C(=O)NCCCN)c1-2. The summed E-state index contributed by atoms with van der Waals surface area (Å²) >= 11 is 0. The van der Waals surface area contributed by atoms with Crippen molar-refractivity contribution in [2.24, 2.45) is 5.73 Å². The van der Waals surface area contributed by atoms with Crippen LogP contribution in [0, 0.1) is 0 Å². The highest BCUT2D eigenvalue weighted by Crippen LogP contribution is 2.48. The first-order valence-corrected chi connectivity index (χ1v) is 13.0. The molecule has 2 unspecified atom stereocenters. The number of hydrogen-bond donors (Lipinski definition) is 5. The third-order valence-electron chi connectivity index (χ3n) is 6.56. The molecule has 2 atom stereocenters. The Morgan fingerprint density at radius 2 is 1.89 bits per heavy atom. The van der Waals surface area contributed by atoms with E-state index in [9.17, 15) is 14.7 Å². The Balaban J connectivity index is 1.68. The summed E-state index contributed by atoms with van der Waals surface area (Å²) in [5, 5.41) is 19.0. The molecule has 0 bridgehead atoms. The molecule has 3 rings (SSSR count). The van der Waals surface area contributed by atoms with Crippen molar-refractivity contribution in [3.05, 3.63) is 53.1 Å². The van der Waals surface area contributed by atoms with Gasteiger partial charge in [-0.05, 0) is 85.6 Å². The highest BCUT2D eigenvalue weighted by molar-refractivity contribution is 6.04. The maximum atomic E-state index is 12.9. The van der Waals surface area contributed by atoms with Crippen LogP contribution in [0.2, 0.25) is 0 Å². The Morgan fingerprint density at radius 3 is 2.63 bits per heavy atom. The van der Waals surface area contributed by atoms with E-state index in [4.69, 9.17) is 5.73 Å². The molecule has 2 aromatic carbocycles. The molecule has 2 amide bonds. The standard InChI is InChI=1S/C28H40N4O3/c1-3-5-16-30-25(33)11-7-12-26(34)32-19-13-14-22-24(18-19)20(4-2)21-9-6-10-23(27(21)22)28(35)31-17-8-15-29/h6,9-10,13-14,18,20,25,30,33H,3-5,7-8,11-12,15-17,29H2,1-2H3,(H,31,35)(H,32,34). The number of unbranched alkanes of at least 4 members (excludes halogenated alkanes) is 1. The lowest BCUT2D eigenvalue weighted by Gasteiger charge is -2.13. The van der Waals surface area contributed by atoms with Gasteiger partial charge in [0, 0.05) is 30.1 Å². The van der Waals surface area contributed by atoms with Gasteiger partial charge in [-0.1, -0.05) is 38.5 Å². The van der Waals surface area contributed by atoms with Crippen molar-refractivity contribution in [1.82, 2.24) is 10.6 Å². The number of nitrogens with one attached hydrogen (secondary N) is 3. The Hall–Kier alpha value is -2.74. The number of fused-ring (bicyclic) bond motifs is 3. The second kappa shape index (κ2) is 13.4. The zero-order chi connectivity index (χ0) is 25.2. The summed E-state index contributed by atoms with van der Waals surface area (Å²) in [5.41, 5.74) is 11.3. The van der Waals surface area contributed by atoms with Gasteiger partial charge in [0.1, 0.15) is 6.23 Å². The molecule has 0 heterocycles. The number of rotatable bonds is 14. The molecule has 0 aromatic heterocycles. The molecule has 0 spiro atoms. The number of nitrogens with two attached hydrogens (primary N) is 1. The number of amides is 2. The van der Waals surface area contributed by atoms with E-state index in [0.717, 1.165) is 60.2 Å². The first-order chi connectivity index (χ1) is 17.0. The molecule has 0 saturated heterocycles. The minimum Gasteiger partial charge on any atom is -0.379 e. The van der Waals surface area contributed by atoms with Crippen LogP contribution in [-0.2, 0) is 4.79 Å². The van der Waals surface area contributed by atoms with Crippen LogP contribution in [0.5, 0.6) is 0 Å². The van der Waals surface area contributed by atoms with Gasteiger partial charge in [-0.2, -0.15) is 0 Å². The summed E-state index contributed by atoms with van der Waals surface area (Å²) in [6.45, 7) is 6.14. The molecule has 1 aliphatic carbocycles. The van der Waals surface area contributed by atoms with Crippen molar-refractivity contribution in [1.29, 1.82) is 0 Å². The molecule has 7 heteroatoms. The maximum absolute atomic E-state index is 12.9. The molecule has 190 valence electrons. The molecule has 0 aliphatic heterocycles. The molecule has 6 N–H and O–H groups in total. The molecule has 35 heavy (non-hydrogen) atoms. The first kappa shape index (κ1) is 26.9. The summed E-state index contributed by atoms with van der Waals surface area (Å²) in [7, 11) is 0. The number of anilines is 1. The van der Waals surface area contributed by atoms with E-state index in [-0.39, 0.29) is 17.7 Å². The number of carbonyl (C=O) groups is 2. The fourth-order valence-corrected chi connectivity index (χ4v) is 4.74. The van der Waals surface area contributed by atoms with Crippen molar-refractivity contribution in [2.75, 3.05) is 25.0 Å². The van der Waals surface area contributed by atoms with Crippen molar-refractivity contribution in [2.45, 2.75) is 70.9 Å². The number of aliphatic hydroxyl groups excluding tert-OH is 1. The Labute approximate surface area is 208 Å². The molecule has 0 fully saturated rings. The molecule has 7 nitrogen and oxygen atoms in total. The second-order valence-corrected chi connectivity index (χ2v) is 9.19. The van der Waals surface area contributed by atoms with Gasteiger partial charge in [-0.25, -0.2) is 0 Å². The van der Waals surface area contributed by atoms with E-state index in [1.165, 1.54) is 0 Å². The van der Waals surface area contributed by atoms with Crippen LogP contribution >= 0.6 is 0 Å². The average Bonchev–Trinajstić information content (AvgIpc) is 3.17. The molecular formula is C28H40N4O3. The summed E-state index contributed by atoms with van der Waals surface area (Å²) in [6, 6.07) is 11.9. The van der Waals surface area contributed by atoms with Crippen LogP contribution in [0.25, 0.3) is 11.1 Å². The van der Waals surface area contributed by atoms with Gasteiger partial charge in [0.15, 0.2) is 0 Å². The third-order valence-corrected chi connectivity index (χ3v) is 6.56. The second-order valence-electron chi connectivity index (χ2n) is 9.19. The normalized spacial score (nSPS) is 14.8. The zero-order valence-electron chi connectivity index (χ0n) is 21.0. The van der Waals surface area contributed by atoms with Crippen molar-refractivity contribution >= 4 is 17.5 Å². The maximum Gasteiger partial charge on any atom is 0.251 e. The minimum atomic E-state index is -0.570. The monoisotopic (exact) mass is 480 g/mol. The number of carbonyl (C=O) groups excluding carboxylic acids is 2. The van der Waals surface area contributed by atoms with Gasteiger partial charge in [0.2, 0.25) is 5.91 Å². The van der Waals surface area contributed by atoms with Gasteiger partial charge in [0.05, 0.1) is 0 Å². The Bertz CT molecular complexity index is 1010. The molecule has 0 radical (unpaired) electrons. The topological polar surface area (TPSA) is 116 Å². The summed E-state index contributed by atoms with van der Waals surface area (Å²) in [4.78, 5) is 25.4. The minimum absolute atomic E-state index is 0.0609. The largest absolute Gasteiger partial charge is 0.379 e. The van der Waals surface area contributed by atoms with Gasteiger partial charge in [-0.3, -0.25) is 14.9 Å². The lowest BCUT2D eigenvalue weighted by atomic mass is 9.93. The van der Waals surface area contributed by atoms with Gasteiger partial charge < -0.3 is 21.5 Å². The van der Waals surface area contributed by atoms with E-state index in [1.54, 1.807) is 0 Å². The van der Waals surface area contributed by atoms with E-state index in [1.807, 2.05) is 30.3 Å². The predicted molar refractivity (Wildman–Crippen MR) is 141 cm³/mol. The average molecular weight is 481 g/mol. The summed E-state index contributed by atoms with van der Waals surface area (Å²) in [6.07, 6.45) is 4.70. The molecule has 0 saturated carbocycles. The first-order valence-electron chi connectivity index (χ1n) is 13.0. The van der Waals surface area contributed by atoms with Crippen molar-refractivity contribution in [3.63, 3.8) is 0 Å². The molecule has 2 aromatic rings. The Kier molecular flexibility index (Phi) is 10.3. The lowest BCUT2D eigenvalue weighted by Crippen LogP contribution is -2.29. The van der Waals surface area contributed by atoms with E-state index >= 15 is 0 Å². The lowest BCUT2D eigenvalue weighted by molar-refractivity contribution is -0.116. The third kappa shape index (κ3) is 6.90. The molecule has 1 aliphatic rings. The van der Waals surface area contributed by atoms with Crippen LogP contribution in [-0.4, -0.2) is 42.8 Å². The fraction of sp³-hybridized carbons (Fsp3) is 0.500. The number of hydrogen-bond acceptors (Lipinski definition) is 5. The Morgan fingerprint density at radius 1 is 1.06 bits per heavy atom. The van der Waals surface area contributed by atoms with Crippen molar-refractivity contribution in [3.8, 4) is 11.1 Å². The van der Waals surface area contributed by atoms with Crippen LogP contribution in [0.4, 0.5) is 5.69 Å². The van der Waals surface area contributed by atoms with Crippen LogP contribution in [0.1, 0.15) is 86.2 Å². The number of benzene rings is 2. The van der Waals surface area contributed by atoms with E-state index in [2.05, 4.69) is 35.9 Å². The van der Waals surface area contributed by atoms with Crippen LogP contribution in [0.3, 0.4) is 0 Å². The quantitative estimate of drug-likeness (QED) is 0.206.